The van der Waals surface area contributed by atoms with Crippen molar-refractivity contribution in [3.8, 4) is 0 Å². The molecule has 1 aromatic rings. The number of likely N-dealkylation sites (tertiary alicyclic amines) is 1. The summed E-state index contributed by atoms with van der Waals surface area (Å²) in [6.45, 7) is 7.34. The highest BCUT2D eigenvalue weighted by Crippen LogP contribution is 2.22. The Labute approximate surface area is 151 Å². The average molecular weight is 360 g/mol. The number of halogens is 2. The van der Waals surface area contributed by atoms with Gasteiger partial charge in [0, 0.05) is 30.9 Å². The number of piperidine rings is 1. The van der Waals surface area contributed by atoms with Gasteiger partial charge in [-0.3, -0.25) is 4.79 Å². The summed E-state index contributed by atoms with van der Waals surface area (Å²) in [5.41, 5.74) is 3.21. The Morgan fingerprint density at radius 3 is 2.78 bits per heavy atom. The summed E-state index contributed by atoms with van der Waals surface area (Å²) in [4.78, 5) is 14.6. The first kappa shape index (κ1) is 20.1. The van der Waals surface area contributed by atoms with Crippen molar-refractivity contribution in [3.05, 3.63) is 29.3 Å². The van der Waals surface area contributed by atoms with Crippen molar-refractivity contribution in [2.75, 3.05) is 38.0 Å². The van der Waals surface area contributed by atoms with Crippen LogP contribution in [0.5, 0.6) is 0 Å². The molecule has 0 atom stereocenters. The highest BCUT2D eigenvalue weighted by Gasteiger charge is 2.16. The van der Waals surface area contributed by atoms with Gasteiger partial charge in [0.15, 0.2) is 0 Å². The van der Waals surface area contributed by atoms with Crippen LogP contribution in [-0.2, 0) is 6.42 Å². The van der Waals surface area contributed by atoms with Gasteiger partial charge in [-0.25, -0.2) is 0 Å². The maximum Gasteiger partial charge on any atom is 0.251 e. The number of carbonyl (C=O) groups excluding carboxylic acids is 1. The molecular formula is C17H27Cl2N3O. The first-order valence-corrected chi connectivity index (χ1v) is 8.10. The highest BCUT2D eigenvalue weighted by molar-refractivity contribution is 5.95. The van der Waals surface area contributed by atoms with E-state index < -0.39 is 0 Å². The minimum atomic E-state index is 0. The van der Waals surface area contributed by atoms with Crippen LogP contribution >= 0.6 is 24.8 Å². The minimum Gasteiger partial charge on any atom is -0.384 e. The van der Waals surface area contributed by atoms with E-state index in [0.717, 1.165) is 37.5 Å². The van der Waals surface area contributed by atoms with Crippen molar-refractivity contribution in [1.82, 2.24) is 10.2 Å². The molecule has 1 saturated heterocycles. The number of fused-ring (bicyclic) bond motifs is 1. The molecule has 4 nitrogen and oxygen atoms in total. The Morgan fingerprint density at radius 2 is 2.04 bits per heavy atom. The maximum absolute atomic E-state index is 12.2. The molecule has 3 rings (SSSR count). The van der Waals surface area contributed by atoms with Crippen LogP contribution in [0, 0.1) is 5.92 Å². The molecule has 0 unspecified atom stereocenters. The summed E-state index contributed by atoms with van der Waals surface area (Å²) in [7, 11) is 0. The van der Waals surface area contributed by atoms with Crippen LogP contribution in [0.1, 0.15) is 35.7 Å². The highest BCUT2D eigenvalue weighted by atomic mass is 35.5. The Kier molecular flexibility index (Phi) is 8.17. The third-order valence-corrected chi connectivity index (χ3v) is 4.67. The van der Waals surface area contributed by atoms with Crippen LogP contribution in [-0.4, -0.2) is 43.5 Å². The van der Waals surface area contributed by atoms with Gasteiger partial charge in [-0.15, -0.1) is 24.8 Å². The van der Waals surface area contributed by atoms with Gasteiger partial charge < -0.3 is 15.5 Å². The summed E-state index contributed by atoms with van der Waals surface area (Å²) >= 11 is 0. The second kappa shape index (κ2) is 9.36. The van der Waals surface area contributed by atoms with E-state index in [1.165, 1.54) is 37.2 Å². The van der Waals surface area contributed by atoms with Gasteiger partial charge in [0.2, 0.25) is 0 Å². The molecule has 0 aliphatic carbocycles. The smallest absolute Gasteiger partial charge is 0.251 e. The number of nitrogens with zero attached hydrogens (tertiary/aromatic N) is 1. The Hall–Kier alpha value is -0.970. The van der Waals surface area contributed by atoms with Crippen LogP contribution in [0.4, 0.5) is 5.69 Å². The van der Waals surface area contributed by atoms with Crippen LogP contribution in [0.3, 0.4) is 0 Å². The van der Waals surface area contributed by atoms with Crippen molar-refractivity contribution in [1.29, 1.82) is 0 Å². The molecule has 1 amide bonds. The fourth-order valence-electron chi connectivity index (χ4n) is 3.16. The molecule has 0 aromatic heterocycles. The molecule has 1 fully saturated rings. The summed E-state index contributed by atoms with van der Waals surface area (Å²) < 4.78 is 0. The van der Waals surface area contributed by atoms with Crippen molar-refractivity contribution in [3.63, 3.8) is 0 Å². The van der Waals surface area contributed by atoms with E-state index >= 15 is 0 Å². The zero-order valence-electron chi connectivity index (χ0n) is 13.6. The second-order valence-corrected chi connectivity index (χ2v) is 6.33. The number of rotatable bonds is 4. The minimum absolute atomic E-state index is 0. The maximum atomic E-state index is 12.2. The van der Waals surface area contributed by atoms with E-state index in [0.29, 0.717) is 0 Å². The van der Waals surface area contributed by atoms with E-state index in [4.69, 9.17) is 0 Å². The van der Waals surface area contributed by atoms with Gasteiger partial charge in [0.05, 0.1) is 0 Å². The summed E-state index contributed by atoms with van der Waals surface area (Å²) in [5, 5.41) is 6.37. The van der Waals surface area contributed by atoms with Crippen LogP contribution in [0.25, 0.3) is 0 Å². The van der Waals surface area contributed by atoms with Crippen LogP contribution < -0.4 is 10.6 Å². The zero-order valence-corrected chi connectivity index (χ0v) is 15.3. The molecule has 2 aliphatic rings. The number of benzene rings is 1. The molecule has 2 aliphatic heterocycles. The number of amides is 1. The first-order valence-electron chi connectivity index (χ1n) is 8.10. The molecule has 0 spiro atoms. The average Bonchev–Trinajstić information content (AvgIpc) is 2.96. The molecular weight excluding hydrogens is 333 g/mol. The molecule has 130 valence electrons. The van der Waals surface area contributed by atoms with Gasteiger partial charge in [-0.05, 0) is 62.0 Å². The Morgan fingerprint density at radius 1 is 1.30 bits per heavy atom. The Balaban J connectivity index is 0.00000132. The fourth-order valence-corrected chi connectivity index (χ4v) is 3.16. The Bertz CT molecular complexity index is 517. The lowest BCUT2D eigenvalue weighted by molar-refractivity contribution is 0.0944. The molecule has 23 heavy (non-hydrogen) atoms. The molecule has 6 heteroatoms. The monoisotopic (exact) mass is 359 g/mol. The quantitative estimate of drug-likeness (QED) is 0.868. The van der Waals surface area contributed by atoms with E-state index in [9.17, 15) is 4.79 Å². The number of nitrogens with one attached hydrogen (secondary N) is 2. The second-order valence-electron chi connectivity index (χ2n) is 6.33. The summed E-state index contributed by atoms with van der Waals surface area (Å²) in [5.74, 6) is 0.908. The standard InChI is InChI=1S/C17H25N3O.2ClH/c1-13-5-9-20(10-6-13)11-8-19-17(21)15-2-3-16-14(12-15)4-7-18-16;;/h2-3,12-13,18H,4-11H2,1H3,(H,19,21);2*1H. The van der Waals surface area contributed by atoms with Gasteiger partial charge in [-0.2, -0.15) is 0 Å². The van der Waals surface area contributed by atoms with Gasteiger partial charge in [0.25, 0.3) is 5.91 Å². The molecule has 2 N–H and O–H groups in total. The number of hydrogen-bond acceptors (Lipinski definition) is 3. The number of carbonyl (C=O) groups is 1. The lowest BCUT2D eigenvalue weighted by atomic mass is 9.99. The predicted molar refractivity (Wildman–Crippen MR) is 100 cm³/mol. The number of anilines is 1. The van der Waals surface area contributed by atoms with Crippen molar-refractivity contribution in [2.45, 2.75) is 26.2 Å². The first-order chi connectivity index (χ1) is 10.2. The summed E-state index contributed by atoms with van der Waals surface area (Å²) in [6, 6.07) is 5.95. The van der Waals surface area contributed by atoms with Gasteiger partial charge >= 0.3 is 0 Å². The normalized spacial score (nSPS) is 17.4. The van der Waals surface area contributed by atoms with Crippen molar-refractivity contribution in [2.24, 2.45) is 5.92 Å². The van der Waals surface area contributed by atoms with E-state index in [2.05, 4.69) is 22.5 Å². The molecule has 1 aromatic carbocycles. The lowest BCUT2D eigenvalue weighted by Gasteiger charge is -2.30. The van der Waals surface area contributed by atoms with Crippen molar-refractivity contribution < 1.29 is 4.79 Å². The molecule has 2 heterocycles. The summed E-state index contributed by atoms with van der Waals surface area (Å²) in [6.07, 6.45) is 3.58. The predicted octanol–water partition coefficient (Wildman–Crippen LogP) is 2.96. The van der Waals surface area contributed by atoms with E-state index in [-0.39, 0.29) is 30.7 Å². The number of hydrogen-bond donors (Lipinski definition) is 2. The molecule has 0 saturated carbocycles. The zero-order chi connectivity index (χ0) is 14.7. The topological polar surface area (TPSA) is 44.4 Å². The largest absolute Gasteiger partial charge is 0.384 e. The van der Waals surface area contributed by atoms with Gasteiger partial charge in [0.1, 0.15) is 0 Å². The van der Waals surface area contributed by atoms with E-state index in [1.54, 1.807) is 0 Å². The lowest BCUT2D eigenvalue weighted by Crippen LogP contribution is -2.39. The van der Waals surface area contributed by atoms with Crippen LogP contribution in [0.15, 0.2) is 18.2 Å². The molecule has 0 bridgehead atoms. The third kappa shape index (κ3) is 5.27. The van der Waals surface area contributed by atoms with Gasteiger partial charge in [-0.1, -0.05) is 6.92 Å². The third-order valence-electron chi connectivity index (χ3n) is 4.67. The van der Waals surface area contributed by atoms with E-state index in [1.807, 2.05) is 18.2 Å². The van der Waals surface area contributed by atoms with Crippen LogP contribution in [0.2, 0.25) is 0 Å². The fraction of sp³-hybridized carbons (Fsp3) is 0.588. The SMILES string of the molecule is CC1CCN(CCNC(=O)c2ccc3c(c2)CCN3)CC1.Cl.Cl. The van der Waals surface area contributed by atoms with Crippen molar-refractivity contribution >= 4 is 36.4 Å². The molecule has 0 radical (unpaired) electrons.